The average Bonchev–Trinajstić information content (AvgIpc) is 2.89. The number of hydrogen-bond donors (Lipinski definition) is 1. The molecule has 0 aliphatic heterocycles. The maximum Gasteiger partial charge on any atom is 0.126 e. The Morgan fingerprint density at radius 3 is 1.30 bits per heavy atom. The van der Waals surface area contributed by atoms with Gasteiger partial charge in [0.15, 0.2) is 0 Å². The van der Waals surface area contributed by atoms with E-state index in [2.05, 4.69) is 109 Å². The van der Waals surface area contributed by atoms with Gasteiger partial charge in [0.1, 0.15) is 5.75 Å². The van der Waals surface area contributed by atoms with Crippen LogP contribution >= 0.6 is 0 Å². The summed E-state index contributed by atoms with van der Waals surface area (Å²) in [7, 11) is 0. The lowest BCUT2D eigenvalue weighted by Gasteiger charge is -2.38. The highest BCUT2D eigenvalue weighted by Crippen LogP contribution is 2.50. The van der Waals surface area contributed by atoms with Crippen LogP contribution in [0.5, 0.6) is 5.75 Å². The molecule has 0 saturated heterocycles. The van der Waals surface area contributed by atoms with Crippen molar-refractivity contribution in [1.82, 2.24) is 0 Å². The predicted molar refractivity (Wildman–Crippen MR) is 137 cm³/mol. The normalized spacial score (nSPS) is 11.3. The molecule has 0 heterocycles. The summed E-state index contributed by atoms with van der Waals surface area (Å²) in [5.41, 5.74) is 6.64. The molecule has 5 aromatic carbocycles. The van der Waals surface area contributed by atoms with Gasteiger partial charge in [-0.25, -0.2) is 0 Å². The summed E-state index contributed by atoms with van der Waals surface area (Å²) in [5, 5.41) is 11.4. The first kappa shape index (κ1) is 20.8. The third-order valence-electron chi connectivity index (χ3n) is 6.47. The van der Waals surface area contributed by atoms with Crippen molar-refractivity contribution in [3.63, 3.8) is 0 Å². The van der Waals surface area contributed by atoms with Crippen molar-refractivity contribution in [2.24, 2.45) is 0 Å². The number of phenolic OH excluding ortho intramolecular Hbond substituents is 1. The molecular formula is C32H26O. The topological polar surface area (TPSA) is 20.2 Å². The molecule has 0 unspecified atom stereocenters. The molecule has 0 saturated carbocycles. The van der Waals surface area contributed by atoms with Crippen molar-refractivity contribution < 1.29 is 5.11 Å². The second-order valence-electron chi connectivity index (χ2n) is 8.37. The minimum Gasteiger partial charge on any atom is -0.507 e. The summed E-state index contributed by atoms with van der Waals surface area (Å²) in [5.74, 6) is 0.325. The quantitative estimate of drug-likeness (QED) is 0.285. The van der Waals surface area contributed by atoms with Gasteiger partial charge in [-0.3, -0.25) is 0 Å². The first-order valence-corrected chi connectivity index (χ1v) is 11.3. The molecule has 1 N–H and O–H groups in total. The molecule has 0 spiro atoms. The van der Waals surface area contributed by atoms with Crippen LogP contribution in [-0.4, -0.2) is 5.11 Å². The zero-order valence-corrected chi connectivity index (χ0v) is 18.6. The smallest absolute Gasteiger partial charge is 0.126 e. The van der Waals surface area contributed by atoms with Crippen LogP contribution in [0, 0.1) is 6.92 Å². The molecule has 0 atom stereocenters. The van der Waals surface area contributed by atoms with Gasteiger partial charge >= 0.3 is 0 Å². The highest BCUT2D eigenvalue weighted by atomic mass is 16.3. The Morgan fingerprint density at radius 1 is 0.485 bits per heavy atom. The Labute approximate surface area is 195 Å². The van der Waals surface area contributed by atoms with Gasteiger partial charge in [0, 0.05) is 5.56 Å². The fourth-order valence-corrected chi connectivity index (χ4v) is 4.94. The Morgan fingerprint density at radius 2 is 0.879 bits per heavy atom. The van der Waals surface area contributed by atoms with Crippen molar-refractivity contribution in [3.05, 3.63) is 161 Å². The number of hydrogen-bond acceptors (Lipinski definition) is 1. The van der Waals surface area contributed by atoms with Gasteiger partial charge in [-0.1, -0.05) is 133 Å². The SMILES string of the molecule is Cc1ccc(C(c2ccccc2)(c2ccccc2)c2ccccc2)c(-c2ccccc2)c1O. The lowest BCUT2D eigenvalue weighted by molar-refractivity contribution is 0.471. The fourth-order valence-electron chi connectivity index (χ4n) is 4.94. The highest BCUT2D eigenvalue weighted by molar-refractivity contribution is 5.80. The zero-order valence-electron chi connectivity index (χ0n) is 18.6. The van der Waals surface area contributed by atoms with Crippen LogP contribution < -0.4 is 0 Å². The van der Waals surface area contributed by atoms with Crippen LogP contribution in [0.15, 0.2) is 133 Å². The molecule has 5 aromatic rings. The largest absolute Gasteiger partial charge is 0.507 e. The van der Waals surface area contributed by atoms with Crippen LogP contribution in [0.3, 0.4) is 0 Å². The zero-order chi connectivity index (χ0) is 22.7. The van der Waals surface area contributed by atoms with E-state index in [1.54, 1.807) is 0 Å². The molecule has 5 rings (SSSR count). The third-order valence-corrected chi connectivity index (χ3v) is 6.47. The molecule has 1 heteroatoms. The van der Waals surface area contributed by atoms with Gasteiger partial charge < -0.3 is 5.11 Å². The Hall–Kier alpha value is -4.10. The van der Waals surface area contributed by atoms with Crippen molar-refractivity contribution in [3.8, 4) is 16.9 Å². The van der Waals surface area contributed by atoms with E-state index in [0.29, 0.717) is 5.75 Å². The van der Waals surface area contributed by atoms with Crippen molar-refractivity contribution >= 4 is 0 Å². The summed E-state index contributed by atoms with van der Waals surface area (Å²) >= 11 is 0. The fraction of sp³-hybridized carbons (Fsp3) is 0.0625. The van der Waals surface area contributed by atoms with Crippen LogP contribution in [0.25, 0.3) is 11.1 Å². The second kappa shape index (κ2) is 8.80. The van der Waals surface area contributed by atoms with E-state index in [0.717, 1.165) is 38.9 Å². The maximum atomic E-state index is 11.4. The van der Waals surface area contributed by atoms with Crippen LogP contribution in [-0.2, 0) is 5.41 Å². The number of benzene rings is 5. The van der Waals surface area contributed by atoms with E-state index in [9.17, 15) is 5.11 Å². The van der Waals surface area contributed by atoms with Crippen molar-refractivity contribution in [2.45, 2.75) is 12.3 Å². The van der Waals surface area contributed by atoms with Gasteiger partial charge in [0.25, 0.3) is 0 Å². The summed E-state index contributed by atoms with van der Waals surface area (Å²) in [6.45, 7) is 1.96. The number of phenols is 1. The molecule has 0 aliphatic rings. The Bertz CT molecular complexity index is 1250. The monoisotopic (exact) mass is 426 g/mol. The first-order chi connectivity index (χ1) is 16.2. The molecule has 0 aromatic heterocycles. The molecule has 160 valence electrons. The molecule has 1 nitrogen and oxygen atoms in total. The summed E-state index contributed by atoms with van der Waals surface area (Å²) in [6, 6.07) is 46.2. The van der Waals surface area contributed by atoms with E-state index >= 15 is 0 Å². The van der Waals surface area contributed by atoms with Gasteiger partial charge in [0.05, 0.1) is 5.41 Å². The number of aromatic hydroxyl groups is 1. The molecule has 0 bridgehead atoms. The third kappa shape index (κ3) is 3.52. The molecule has 0 aliphatic carbocycles. The van der Waals surface area contributed by atoms with Gasteiger partial charge in [-0.15, -0.1) is 0 Å². The van der Waals surface area contributed by atoms with E-state index in [4.69, 9.17) is 0 Å². The van der Waals surface area contributed by atoms with Crippen molar-refractivity contribution in [2.75, 3.05) is 0 Å². The molecule has 0 fully saturated rings. The lowest BCUT2D eigenvalue weighted by atomic mass is 9.63. The molecule has 0 amide bonds. The van der Waals surface area contributed by atoms with E-state index < -0.39 is 5.41 Å². The highest BCUT2D eigenvalue weighted by Gasteiger charge is 2.40. The average molecular weight is 427 g/mol. The minimum absolute atomic E-state index is 0.325. The molecule has 33 heavy (non-hydrogen) atoms. The molecular weight excluding hydrogens is 400 g/mol. The van der Waals surface area contributed by atoms with Crippen LogP contribution in [0.4, 0.5) is 0 Å². The van der Waals surface area contributed by atoms with Gasteiger partial charge in [-0.2, -0.15) is 0 Å². The number of aryl methyl sites for hydroxylation is 1. The minimum atomic E-state index is -0.611. The number of rotatable bonds is 5. The molecule has 0 radical (unpaired) electrons. The maximum absolute atomic E-state index is 11.4. The predicted octanol–water partition coefficient (Wildman–Crippen LogP) is 7.75. The van der Waals surface area contributed by atoms with E-state index in [1.165, 1.54) is 0 Å². The van der Waals surface area contributed by atoms with Gasteiger partial charge in [-0.05, 0) is 40.3 Å². The van der Waals surface area contributed by atoms with E-state index in [1.807, 2.05) is 31.2 Å². The standard InChI is InChI=1S/C32H26O/c1-24-22-23-29(30(31(24)33)25-14-6-2-7-15-25)32(26-16-8-3-9-17-26,27-18-10-4-11-19-27)28-20-12-5-13-21-28/h2-23,33H,1H3. The second-order valence-corrected chi connectivity index (χ2v) is 8.37. The van der Waals surface area contributed by atoms with Crippen molar-refractivity contribution in [1.29, 1.82) is 0 Å². The van der Waals surface area contributed by atoms with E-state index in [-0.39, 0.29) is 0 Å². The summed E-state index contributed by atoms with van der Waals surface area (Å²) in [4.78, 5) is 0. The van der Waals surface area contributed by atoms with Crippen LogP contribution in [0.1, 0.15) is 27.8 Å². The Balaban J connectivity index is 1.99. The summed E-state index contributed by atoms with van der Waals surface area (Å²) in [6.07, 6.45) is 0. The van der Waals surface area contributed by atoms with Gasteiger partial charge in [0.2, 0.25) is 0 Å². The lowest BCUT2D eigenvalue weighted by Crippen LogP contribution is -2.31. The Kier molecular flexibility index (Phi) is 5.54. The summed E-state index contributed by atoms with van der Waals surface area (Å²) < 4.78 is 0. The van der Waals surface area contributed by atoms with Crippen LogP contribution in [0.2, 0.25) is 0 Å². The first-order valence-electron chi connectivity index (χ1n) is 11.3.